The summed E-state index contributed by atoms with van der Waals surface area (Å²) in [4.78, 5) is 37.0. The average Bonchev–Trinajstić information content (AvgIpc) is 2.78. The SMILES string of the molecule is N#CCCNC(=O)C(Cc1ccc2ccccc2c1)NC(=O)c1ccccc1C(=O)O. The summed E-state index contributed by atoms with van der Waals surface area (Å²) in [6, 6.07) is 20.4. The maximum absolute atomic E-state index is 12.8. The lowest BCUT2D eigenvalue weighted by Crippen LogP contribution is -2.48. The molecule has 3 N–H and O–H groups in total. The van der Waals surface area contributed by atoms with Crippen molar-refractivity contribution in [3.63, 3.8) is 0 Å². The Morgan fingerprint density at radius 3 is 2.32 bits per heavy atom. The molecule has 31 heavy (non-hydrogen) atoms. The predicted molar refractivity (Wildman–Crippen MR) is 116 cm³/mol. The van der Waals surface area contributed by atoms with Gasteiger partial charge in [-0.3, -0.25) is 9.59 Å². The van der Waals surface area contributed by atoms with E-state index in [0.717, 1.165) is 16.3 Å². The van der Waals surface area contributed by atoms with Crippen LogP contribution in [0.2, 0.25) is 0 Å². The summed E-state index contributed by atoms with van der Waals surface area (Å²) in [5, 5.41) is 25.4. The Morgan fingerprint density at radius 2 is 1.61 bits per heavy atom. The molecule has 1 unspecified atom stereocenters. The van der Waals surface area contributed by atoms with Crippen LogP contribution in [0.15, 0.2) is 66.7 Å². The van der Waals surface area contributed by atoms with Crippen molar-refractivity contribution in [3.05, 3.63) is 83.4 Å². The monoisotopic (exact) mass is 415 g/mol. The third-order valence-electron chi connectivity index (χ3n) is 4.81. The first kappa shape index (κ1) is 21.5. The minimum Gasteiger partial charge on any atom is -0.478 e. The highest BCUT2D eigenvalue weighted by atomic mass is 16.4. The van der Waals surface area contributed by atoms with Crippen LogP contribution in [0.3, 0.4) is 0 Å². The number of carbonyl (C=O) groups is 3. The average molecular weight is 415 g/mol. The first-order chi connectivity index (χ1) is 15.0. The fourth-order valence-corrected chi connectivity index (χ4v) is 3.28. The van der Waals surface area contributed by atoms with Gasteiger partial charge in [0.2, 0.25) is 5.91 Å². The van der Waals surface area contributed by atoms with Gasteiger partial charge < -0.3 is 15.7 Å². The molecule has 3 rings (SSSR count). The lowest BCUT2D eigenvalue weighted by Gasteiger charge is -2.19. The van der Waals surface area contributed by atoms with Crippen LogP contribution in [0.1, 0.15) is 32.7 Å². The summed E-state index contributed by atoms with van der Waals surface area (Å²) >= 11 is 0. The van der Waals surface area contributed by atoms with Gasteiger partial charge in [0.25, 0.3) is 5.91 Å². The number of aromatic carboxylic acids is 1. The summed E-state index contributed by atoms with van der Waals surface area (Å²) in [5.41, 5.74) is 0.670. The van der Waals surface area contributed by atoms with Gasteiger partial charge in [0.05, 0.1) is 23.6 Å². The molecule has 0 saturated heterocycles. The highest BCUT2D eigenvalue weighted by Crippen LogP contribution is 2.17. The molecule has 0 aliphatic heterocycles. The van der Waals surface area contributed by atoms with E-state index in [-0.39, 0.29) is 30.5 Å². The Kier molecular flexibility index (Phi) is 6.97. The van der Waals surface area contributed by atoms with Gasteiger partial charge in [0.15, 0.2) is 0 Å². The second-order valence-corrected chi connectivity index (χ2v) is 6.96. The molecule has 0 radical (unpaired) electrons. The van der Waals surface area contributed by atoms with E-state index in [1.54, 1.807) is 6.07 Å². The lowest BCUT2D eigenvalue weighted by atomic mass is 10.00. The Labute approximate surface area is 179 Å². The number of hydrogen-bond acceptors (Lipinski definition) is 4. The molecular weight excluding hydrogens is 394 g/mol. The standard InChI is InChI=1S/C24H21N3O4/c25-12-5-13-26-23(29)21(15-16-10-11-17-6-1-2-7-18(17)14-16)27-22(28)19-8-3-4-9-20(19)24(30)31/h1-4,6-11,14,21H,5,13,15H2,(H,26,29)(H,27,28)(H,30,31). The van der Waals surface area contributed by atoms with Gasteiger partial charge in [0.1, 0.15) is 6.04 Å². The molecule has 0 heterocycles. The van der Waals surface area contributed by atoms with Gasteiger partial charge in [-0.15, -0.1) is 0 Å². The molecule has 156 valence electrons. The smallest absolute Gasteiger partial charge is 0.336 e. The fourth-order valence-electron chi connectivity index (χ4n) is 3.28. The Morgan fingerprint density at radius 1 is 0.935 bits per heavy atom. The Balaban J connectivity index is 1.85. The molecule has 7 nitrogen and oxygen atoms in total. The fraction of sp³-hybridized carbons (Fsp3) is 0.167. The molecule has 0 fully saturated rings. The molecule has 7 heteroatoms. The number of rotatable bonds is 8. The second-order valence-electron chi connectivity index (χ2n) is 6.96. The van der Waals surface area contributed by atoms with E-state index in [0.29, 0.717) is 0 Å². The van der Waals surface area contributed by atoms with Crippen LogP contribution in [-0.2, 0) is 11.2 Å². The van der Waals surface area contributed by atoms with E-state index in [4.69, 9.17) is 5.26 Å². The molecule has 0 spiro atoms. The Hall–Kier alpha value is -4.18. The topological polar surface area (TPSA) is 119 Å². The quantitative estimate of drug-likeness (QED) is 0.489. The number of nitriles is 1. The van der Waals surface area contributed by atoms with Gasteiger partial charge in [-0.25, -0.2) is 4.79 Å². The van der Waals surface area contributed by atoms with Crippen molar-refractivity contribution in [3.8, 4) is 6.07 Å². The number of carboxylic acids is 1. The van der Waals surface area contributed by atoms with Crippen LogP contribution in [0.4, 0.5) is 0 Å². The van der Waals surface area contributed by atoms with Gasteiger partial charge in [-0.05, 0) is 28.5 Å². The number of carbonyl (C=O) groups excluding carboxylic acids is 2. The van der Waals surface area contributed by atoms with Crippen molar-refractivity contribution in [2.24, 2.45) is 0 Å². The number of nitrogens with one attached hydrogen (secondary N) is 2. The maximum Gasteiger partial charge on any atom is 0.336 e. The largest absolute Gasteiger partial charge is 0.478 e. The van der Waals surface area contributed by atoms with Crippen LogP contribution >= 0.6 is 0 Å². The van der Waals surface area contributed by atoms with Gasteiger partial charge in [0, 0.05) is 13.0 Å². The van der Waals surface area contributed by atoms with Gasteiger partial charge >= 0.3 is 5.97 Å². The number of carboxylic acid groups (broad SMARTS) is 1. The van der Waals surface area contributed by atoms with Crippen LogP contribution in [0.5, 0.6) is 0 Å². The highest BCUT2D eigenvalue weighted by molar-refractivity contribution is 6.06. The number of amides is 2. The van der Waals surface area contributed by atoms with E-state index in [9.17, 15) is 19.5 Å². The van der Waals surface area contributed by atoms with E-state index < -0.39 is 23.8 Å². The predicted octanol–water partition coefficient (Wildman–Crippen LogP) is 2.91. The summed E-state index contributed by atoms with van der Waals surface area (Å²) in [5.74, 6) is -2.32. The zero-order valence-corrected chi connectivity index (χ0v) is 16.7. The van der Waals surface area contributed by atoms with Crippen LogP contribution in [0, 0.1) is 11.3 Å². The minimum absolute atomic E-state index is 0.0247. The first-order valence-electron chi connectivity index (χ1n) is 9.75. The molecule has 0 saturated carbocycles. The molecule has 0 aromatic heterocycles. The van der Waals surface area contributed by atoms with Crippen molar-refractivity contribution in [2.45, 2.75) is 18.9 Å². The lowest BCUT2D eigenvalue weighted by molar-refractivity contribution is -0.122. The van der Waals surface area contributed by atoms with Crippen molar-refractivity contribution >= 4 is 28.6 Å². The number of nitrogens with zero attached hydrogens (tertiary/aromatic N) is 1. The van der Waals surface area contributed by atoms with E-state index in [2.05, 4.69) is 10.6 Å². The summed E-state index contributed by atoms with van der Waals surface area (Å²) in [6.45, 7) is 0.158. The summed E-state index contributed by atoms with van der Waals surface area (Å²) < 4.78 is 0. The summed E-state index contributed by atoms with van der Waals surface area (Å²) in [7, 11) is 0. The van der Waals surface area contributed by atoms with Crippen molar-refractivity contribution in [1.82, 2.24) is 10.6 Å². The van der Waals surface area contributed by atoms with E-state index in [1.807, 2.05) is 48.5 Å². The minimum atomic E-state index is -1.23. The molecule has 1 atom stereocenters. The zero-order chi connectivity index (χ0) is 22.2. The van der Waals surface area contributed by atoms with Gasteiger partial charge in [-0.1, -0.05) is 54.6 Å². The normalized spacial score (nSPS) is 11.3. The van der Waals surface area contributed by atoms with Gasteiger partial charge in [-0.2, -0.15) is 5.26 Å². The summed E-state index contributed by atoms with van der Waals surface area (Å²) in [6.07, 6.45) is 0.356. The van der Waals surface area contributed by atoms with E-state index >= 15 is 0 Å². The molecule has 3 aromatic rings. The third kappa shape index (κ3) is 5.46. The van der Waals surface area contributed by atoms with Crippen molar-refractivity contribution in [2.75, 3.05) is 6.54 Å². The third-order valence-corrected chi connectivity index (χ3v) is 4.81. The molecule has 0 bridgehead atoms. The molecule has 0 aliphatic rings. The van der Waals surface area contributed by atoms with Crippen molar-refractivity contribution in [1.29, 1.82) is 5.26 Å². The number of benzene rings is 3. The highest BCUT2D eigenvalue weighted by Gasteiger charge is 2.24. The number of hydrogen-bond donors (Lipinski definition) is 3. The molecular formula is C24H21N3O4. The van der Waals surface area contributed by atoms with Crippen LogP contribution in [-0.4, -0.2) is 35.5 Å². The van der Waals surface area contributed by atoms with E-state index in [1.165, 1.54) is 18.2 Å². The van der Waals surface area contributed by atoms with Crippen LogP contribution < -0.4 is 10.6 Å². The Bertz CT molecular complexity index is 1170. The van der Waals surface area contributed by atoms with Crippen molar-refractivity contribution < 1.29 is 19.5 Å². The molecule has 0 aliphatic carbocycles. The number of fused-ring (bicyclic) bond motifs is 1. The molecule has 3 aromatic carbocycles. The maximum atomic E-state index is 12.8. The first-order valence-corrected chi connectivity index (χ1v) is 9.75. The molecule has 2 amide bonds. The zero-order valence-electron chi connectivity index (χ0n) is 16.7. The second kappa shape index (κ2) is 10.0. The van der Waals surface area contributed by atoms with Crippen LogP contribution in [0.25, 0.3) is 10.8 Å².